The smallest absolute Gasteiger partial charge is 0.306 e. The van der Waals surface area contributed by atoms with Gasteiger partial charge in [0.15, 0.2) is 0 Å². The molecule has 10 heteroatoms. The Hall–Kier alpha value is -3.07. The van der Waals surface area contributed by atoms with Gasteiger partial charge in [0, 0.05) is 12.8 Å². The molecule has 0 radical (unpaired) electrons. The van der Waals surface area contributed by atoms with Gasteiger partial charge in [-0.3, -0.25) is 14.2 Å². The number of nitrogens with one attached hydrogen (secondary N) is 1. The molecule has 0 fully saturated rings. The number of esters is 1. The van der Waals surface area contributed by atoms with Gasteiger partial charge >= 0.3 is 5.97 Å². The fraction of sp³-hybridized carbons (Fsp3) is 0.743. The lowest BCUT2D eigenvalue weighted by atomic mass is 10.0. The summed E-state index contributed by atoms with van der Waals surface area (Å²) in [4.78, 5) is 40.1. The largest absolute Gasteiger partial charge is 0.756 e. The zero-order chi connectivity index (χ0) is 58.6. The number of hydrogen-bond acceptors (Lipinski definition) is 7. The van der Waals surface area contributed by atoms with E-state index in [4.69, 9.17) is 13.8 Å². The summed E-state index contributed by atoms with van der Waals surface area (Å²) in [6, 6.07) is -0.904. The Kier molecular flexibility index (Phi) is 56.8. The van der Waals surface area contributed by atoms with Crippen molar-refractivity contribution in [1.82, 2.24) is 5.32 Å². The van der Waals surface area contributed by atoms with Crippen molar-refractivity contribution in [2.24, 2.45) is 0 Å². The molecule has 0 aliphatic rings. The highest BCUT2D eigenvalue weighted by Crippen LogP contribution is 2.38. The first-order chi connectivity index (χ1) is 38.9. The van der Waals surface area contributed by atoms with Crippen molar-refractivity contribution in [3.05, 3.63) is 97.2 Å². The Morgan fingerprint density at radius 1 is 0.450 bits per heavy atom. The lowest BCUT2D eigenvalue weighted by Crippen LogP contribution is -2.47. The zero-order valence-corrected chi connectivity index (χ0v) is 53.7. The lowest BCUT2D eigenvalue weighted by molar-refractivity contribution is -0.870. The molecule has 0 aromatic carbocycles. The minimum atomic E-state index is -4.71. The van der Waals surface area contributed by atoms with Gasteiger partial charge in [-0.2, -0.15) is 0 Å². The summed E-state index contributed by atoms with van der Waals surface area (Å²) in [6.45, 7) is 6.70. The number of unbranched alkanes of at least 4 members (excludes halogenated alkanes) is 29. The van der Waals surface area contributed by atoms with Crippen molar-refractivity contribution in [2.75, 3.05) is 40.9 Å². The predicted molar refractivity (Wildman–Crippen MR) is 344 cm³/mol. The third kappa shape index (κ3) is 59.5. The molecule has 3 unspecified atom stereocenters. The van der Waals surface area contributed by atoms with E-state index < -0.39 is 26.6 Å². The SMILES string of the molecule is CC/C=C/C/C=C/C/C=C/CCCCCCCCC(=O)NC(COP(=O)([O-])OCC[N+](C)(C)C)C(/C=C\CCCCCCCCCCCCC)OC(=O)CCCCCCCCCCC/C=C\C/C=C\C/C=C\C/C=C\CCCCC. The summed E-state index contributed by atoms with van der Waals surface area (Å²) in [7, 11) is 1.16. The molecule has 0 rings (SSSR count). The molecule has 3 atom stereocenters. The minimum absolute atomic E-state index is 0.0301. The first kappa shape index (κ1) is 76.9. The van der Waals surface area contributed by atoms with Crippen LogP contribution in [0.2, 0.25) is 0 Å². The average molecular weight is 1140 g/mol. The van der Waals surface area contributed by atoms with Gasteiger partial charge in [-0.05, 0) is 109 Å². The average Bonchev–Trinajstić information content (AvgIpc) is 3.42. The van der Waals surface area contributed by atoms with E-state index >= 15 is 0 Å². The lowest BCUT2D eigenvalue weighted by Gasteiger charge is -2.30. The van der Waals surface area contributed by atoms with Crippen molar-refractivity contribution >= 4 is 19.7 Å². The van der Waals surface area contributed by atoms with Gasteiger partial charge in [0.2, 0.25) is 5.91 Å². The van der Waals surface area contributed by atoms with Crippen LogP contribution in [0, 0.1) is 0 Å². The number of rotatable bonds is 59. The number of phosphoric ester groups is 1. The number of ether oxygens (including phenoxy) is 1. The van der Waals surface area contributed by atoms with Crippen LogP contribution in [0.5, 0.6) is 0 Å². The molecule has 0 bridgehead atoms. The molecule has 462 valence electrons. The van der Waals surface area contributed by atoms with E-state index in [-0.39, 0.29) is 24.9 Å². The number of hydrogen-bond donors (Lipinski definition) is 1. The van der Waals surface area contributed by atoms with Crippen molar-refractivity contribution in [3.8, 4) is 0 Å². The van der Waals surface area contributed by atoms with E-state index in [9.17, 15) is 19.0 Å². The molecule has 0 aliphatic heterocycles. The summed E-state index contributed by atoms with van der Waals surface area (Å²) < 4.78 is 30.4. The summed E-state index contributed by atoms with van der Waals surface area (Å²) in [6.07, 6.45) is 79.4. The molecule has 0 aromatic heterocycles. The highest BCUT2D eigenvalue weighted by atomic mass is 31.2. The van der Waals surface area contributed by atoms with Crippen molar-refractivity contribution in [1.29, 1.82) is 0 Å². The monoisotopic (exact) mass is 1140 g/mol. The van der Waals surface area contributed by atoms with E-state index in [1.54, 1.807) is 0 Å². The second-order valence-electron chi connectivity index (χ2n) is 23.2. The van der Waals surface area contributed by atoms with Gasteiger partial charge in [0.25, 0.3) is 7.82 Å². The number of phosphoric acid groups is 1. The molecule has 0 heterocycles. The third-order valence-electron chi connectivity index (χ3n) is 14.2. The molecule has 0 spiro atoms. The summed E-state index contributed by atoms with van der Waals surface area (Å²) in [5, 5.41) is 3.02. The van der Waals surface area contributed by atoms with Crippen molar-refractivity contribution in [2.45, 2.75) is 296 Å². The number of carbonyl (C=O) groups is 2. The fourth-order valence-electron chi connectivity index (χ4n) is 9.17. The van der Waals surface area contributed by atoms with Crippen molar-refractivity contribution < 1.29 is 37.3 Å². The topological polar surface area (TPSA) is 114 Å². The number of amides is 1. The van der Waals surface area contributed by atoms with Gasteiger partial charge in [0.05, 0.1) is 33.8 Å². The normalized spacial score (nSPS) is 14.2. The van der Waals surface area contributed by atoms with Crippen LogP contribution in [0.15, 0.2) is 97.2 Å². The summed E-state index contributed by atoms with van der Waals surface area (Å²) >= 11 is 0. The number of likely N-dealkylation sites (N-methyl/N-ethyl adjacent to an activating group) is 1. The zero-order valence-electron chi connectivity index (χ0n) is 52.8. The first-order valence-corrected chi connectivity index (χ1v) is 34.5. The van der Waals surface area contributed by atoms with E-state index in [0.29, 0.717) is 17.4 Å². The van der Waals surface area contributed by atoms with Crippen molar-refractivity contribution in [3.63, 3.8) is 0 Å². The minimum Gasteiger partial charge on any atom is -0.756 e. The molecule has 0 saturated heterocycles. The third-order valence-corrected chi connectivity index (χ3v) is 15.2. The highest BCUT2D eigenvalue weighted by molar-refractivity contribution is 7.45. The van der Waals surface area contributed by atoms with Crippen LogP contribution in [-0.4, -0.2) is 69.4 Å². The first-order valence-electron chi connectivity index (χ1n) is 33.0. The molecule has 9 nitrogen and oxygen atoms in total. The van der Waals surface area contributed by atoms with Gasteiger partial charge in [-0.15, -0.1) is 0 Å². The van der Waals surface area contributed by atoms with Crippen LogP contribution >= 0.6 is 7.82 Å². The number of carbonyl (C=O) groups excluding carboxylic acids is 2. The molecule has 0 aliphatic carbocycles. The Labute approximate surface area is 494 Å². The number of nitrogens with zero attached hydrogens (tertiary/aromatic N) is 1. The Balaban J connectivity index is 5.20. The standard InChI is InChI=1S/C70H125N2O7P/c1-7-10-13-16-19-22-25-28-30-32-33-34-35-36-37-38-39-40-42-45-48-51-54-57-60-63-70(74)79-68(61-58-55-52-49-46-43-27-24-21-18-15-12-9-3)67(66-78-80(75,76)77-65-64-72(4,5)6)71-69(73)62-59-56-53-50-47-44-41-31-29-26-23-20-17-14-11-8-2/h11,14,19-20,22-23,28-31,33-34,36-37,58,61,67-68H,7-10,12-13,15-18,21,24-27,32,35,38-57,59-60,62-66H2,1-6H3,(H-,71,73,75,76)/b14-11+,22-19-,23-20+,30-28-,31-29+,34-33-,37-36-,61-58-. The molecule has 0 saturated carbocycles. The highest BCUT2D eigenvalue weighted by Gasteiger charge is 2.27. The van der Waals surface area contributed by atoms with Crippen LogP contribution in [0.25, 0.3) is 0 Å². The number of allylic oxidation sites excluding steroid dienone is 15. The molecule has 0 aromatic rings. The maximum Gasteiger partial charge on any atom is 0.306 e. The van der Waals surface area contributed by atoms with E-state index in [2.05, 4.69) is 111 Å². The fourth-order valence-corrected chi connectivity index (χ4v) is 9.89. The Morgan fingerprint density at radius 3 is 1.23 bits per heavy atom. The second kappa shape index (κ2) is 59.1. The summed E-state index contributed by atoms with van der Waals surface area (Å²) in [5.74, 6) is -0.563. The van der Waals surface area contributed by atoms with Gasteiger partial charge in [-0.25, -0.2) is 0 Å². The van der Waals surface area contributed by atoms with Gasteiger partial charge < -0.3 is 28.5 Å². The van der Waals surface area contributed by atoms with E-state index in [1.807, 2.05) is 33.3 Å². The van der Waals surface area contributed by atoms with Gasteiger partial charge in [-0.1, -0.05) is 260 Å². The predicted octanol–water partition coefficient (Wildman–Crippen LogP) is 20.1. The molecular weight excluding hydrogens is 1010 g/mol. The van der Waals surface area contributed by atoms with Gasteiger partial charge in [0.1, 0.15) is 19.3 Å². The maximum atomic E-state index is 13.5. The number of quaternary nitrogens is 1. The molecule has 80 heavy (non-hydrogen) atoms. The Morgan fingerprint density at radius 2 is 0.800 bits per heavy atom. The van der Waals surface area contributed by atoms with Crippen LogP contribution < -0.4 is 10.2 Å². The van der Waals surface area contributed by atoms with Crippen LogP contribution in [-0.2, 0) is 27.9 Å². The molecular formula is C70H125N2O7P. The molecule has 1 N–H and O–H groups in total. The van der Waals surface area contributed by atoms with E-state index in [0.717, 1.165) is 135 Å². The molecule has 1 amide bonds. The van der Waals surface area contributed by atoms with E-state index in [1.165, 1.54) is 116 Å². The quantitative estimate of drug-likeness (QED) is 0.0212. The van der Waals surface area contributed by atoms with Crippen LogP contribution in [0.1, 0.15) is 284 Å². The van der Waals surface area contributed by atoms with Crippen LogP contribution in [0.4, 0.5) is 0 Å². The maximum absolute atomic E-state index is 13.5. The van der Waals surface area contributed by atoms with Crippen LogP contribution in [0.3, 0.4) is 0 Å². The second-order valence-corrected chi connectivity index (χ2v) is 24.6. The Bertz CT molecular complexity index is 1690. The summed E-state index contributed by atoms with van der Waals surface area (Å²) in [5.41, 5.74) is 0.